The monoisotopic (exact) mass is 406 g/mol. The summed E-state index contributed by atoms with van der Waals surface area (Å²) in [4.78, 5) is 19.4. The number of aromatic hydroxyl groups is 1. The van der Waals surface area contributed by atoms with E-state index in [0.29, 0.717) is 32.2 Å². The first kappa shape index (κ1) is 18.8. The van der Waals surface area contributed by atoms with E-state index in [0.717, 1.165) is 11.3 Å². The van der Waals surface area contributed by atoms with Crippen LogP contribution in [0.4, 0.5) is 5.69 Å². The lowest BCUT2D eigenvalue weighted by Crippen LogP contribution is -2.28. The molecular formula is C19H16Cl2N2O2S. The van der Waals surface area contributed by atoms with Gasteiger partial charge in [-0.25, -0.2) is 4.99 Å². The number of halogens is 2. The third-order valence-corrected chi connectivity index (χ3v) is 5.59. The Bertz CT molecular complexity index is 941. The second-order valence-electron chi connectivity index (χ2n) is 5.64. The highest BCUT2D eigenvalue weighted by atomic mass is 35.5. The number of thioether (sulfide) groups is 1. The van der Waals surface area contributed by atoms with Gasteiger partial charge in [0.2, 0.25) is 0 Å². The maximum Gasteiger partial charge on any atom is 0.266 e. The minimum atomic E-state index is -0.157. The van der Waals surface area contributed by atoms with Crippen LogP contribution < -0.4 is 0 Å². The number of nitrogens with zero attached hydrogens (tertiary/aromatic N) is 2. The number of carbonyl (C=O) groups is 1. The number of carbonyl (C=O) groups excluding carboxylic acids is 1. The average molecular weight is 407 g/mol. The number of phenols is 1. The fraction of sp³-hybridized carbons (Fsp3) is 0.158. The molecule has 1 saturated heterocycles. The van der Waals surface area contributed by atoms with Gasteiger partial charge in [0.1, 0.15) is 5.75 Å². The van der Waals surface area contributed by atoms with Crippen molar-refractivity contribution in [3.05, 3.63) is 62.5 Å². The lowest BCUT2D eigenvalue weighted by atomic mass is 10.2. The molecule has 0 spiro atoms. The number of amides is 1. The van der Waals surface area contributed by atoms with Crippen molar-refractivity contribution in [2.45, 2.75) is 13.8 Å². The number of amidine groups is 1. The Morgan fingerprint density at radius 1 is 1.27 bits per heavy atom. The summed E-state index contributed by atoms with van der Waals surface area (Å²) < 4.78 is 0. The van der Waals surface area contributed by atoms with Crippen molar-refractivity contribution in [1.82, 2.24) is 4.90 Å². The molecule has 1 fully saturated rings. The van der Waals surface area contributed by atoms with E-state index in [1.807, 2.05) is 26.0 Å². The maximum atomic E-state index is 12.7. The third kappa shape index (κ3) is 3.75. The van der Waals surface area contributed by atoms with Gasteiger partial charge >= 0.3 is 0 Å². The molecule has 0 unspecified atom stereocenters. The number of benzene rings is 2. The van der Waals surface area contributed by atoms with Gasteiger partial charge in [0, 0.05) is 22.2 Å². The fourth-order valence-electron chi connectivity index (χ4n) is 2.47. The summed E-state index contributed by atoms with van der Waals surface area (Å²) in [6.07, 6.45) is 1.63. The van der Waals surface area contributed by atoms with Crippen LogP contribution >= 0.6 is 35.0 Å². The highest BCUT2D eigenvalue weighted by Crippen LogP contribution is 2.36. The molecule has 1 aliphatic heterocycles. The van der Waals surface area contributed by atoms with E-state index < -0.39 is 0 Å². The number of hydrogen-bond donors (Lipinski definition) is 1. The lowest BCUT2D eigenvalue weighted by Gasteiger charge is -2.12. The van der Waals surface area contributed by atoms with Gasteiger partial charge in [0.05, 0.1) is 10.6 Å². The normalized spacial score (nSPS) is 17.5. The Morgan fingerprint density at radius 2 is 2.04 bits per heavy atom. The van der Waals surface area contributed by atoms with Gasteiger partial charge in [-0.2, -0.15) is 0 Å². The van der Waals surface area contributed by atoms with Crippen LogP contribution in [-0.2, 0) is 4.79 Å². The first-order chi connectivity index (χ1) is 12.4. The quantitative estimate of drug-likeness (QED) is 0.671. The van der Waals surface area contributed by atoms with E-state index in [1.54, 1.807) is 29.2 Å². The summed E-state index contributed by atoms with van der Waals surface area (Å²) in [7, 11) is 0. The second-order valence-corrected chi connectivity index (χ2v) is 7.49. The summed E-state index contributed by atoms with van der Waals surface area (Å²) >= 11 is 13.4. The Morgan fingerprint density at radius 3 is 2.77 bits per heavy atom. The first-order valence-electron chi connectivity index (χ1n) is 7.94. The van der Waals surface area contributed by atoms with Crippen LogP contribution in [0, 0.1) is 6.92 Å². The Labute approximate surface area is 166 Å². The number of phenolic OH excluding ortho intramolecular Hbond substituents is 1. The Kier molecular flexibility index (Phi) is 5.61. The number of likely N-dealkylation sites (N-methyl/N-ethyl adjacent to an activating group) is 1. The molecule has 7 heteroatoms. The molecule has 0 saturated carbocycles. The van der Waals surface area contributed by atoms with Gasteiger partial charge in [0.15, 0.2) is 5.17 Å². The molecule has 0 aliphatic carbocycles. The summed E-state index contributed by atoms with van der Waals surface area (Å²) in [5.74, 6) is -0.0928. The van der Waals surface area contributed by atoms with Gasteiger partial charge in [-0.05, 0) is 67.6 Å². The van der Waals surface area contributed by atoms with Gasteiger partial charge in [-0.3, -0.25) is 9.69 Å². The van der Waals surface area contributed by atoms with E-state index in [1.165, 1.54) is 17.8 Å². The molecule has 4 nitrogen and oxygen atoms in total. The molecule has 2 aromatic carbocycles. The second kappa shape index (κ2) is 7.74. The molecule has 1 aliphatic rings. The van der Waals surface area contributed by atoms with Crippen LogP contribution in [0.25, 0.3) is 6.08 Å². The molecule has 1 amide bonds. The van der Waals surface area contributed by atoms with Crippen LogP contribution in [0.15, 0.2) is 46.3 Å². The van der Waals surface area contributed by atoms with E-state index in [2.05, 4.69) is 4.99 Å². The Balaban J connectivity index is 2.01. The van der Waals surface area contributed by atoms with Crippen LogP contribution in [-0.4, -0.2) is 27.6 Å². The van der Waals surface area contributed by atoms with Crippen LogP contribution in [0.1, 0.15) is 18.1 Å². The summed E-state index contributed by atoms with van der Waals surface area (Å²) in [5, 5.41) is 11.7. The van der Waals surface area contributed by atoms with Crippen molar-refractivity contribution in [3.8, 4) is 5.75 Å². The molecule has 2 aromatic rings. The van der Waals surface area contributed by atoms with Gasteiger partial charge in [-0.1, -0.05) is 29.3 Å². The zero-order chi connectivity index (χ0) is 18.8. The molecule has 1 heterocycles. The smallest absolute Gasteiger partial charge is 0.266 e. The van der Waals surface area contributed by atoms with E-state index >= 15 is 0 Å². The van der Waals surface area contributed by atoms with Crippen LogP contribution in [0.5, 0.6) is 5.75 Å². The van der Waals surface area contributed by atoms with E-state index in [-0.39, 0.29) is 11.7 Å². The first-order valence-corrected chi connectivity index (χ1v) is 9.51. The van der Waals surface area contributed by atoms with Crippen LogP contribution in [0.2, 0.25) is 10.0 Å². The zero-order valence-electron chi connectivity index (χ0n) is 14.2. The summed E-state index contributed by atoms with van der Waals surface area (Å²) in [6.45, 7) is 4.27. The fourth-order valence-corrected chi connectivity index (χ4v) is 3.87. The molecule has 0 bridgehead atoms. The molecule has 3 rings (SSSR count). The molecule has 1 N–H and O–H groups in total. The topological polar surface area (TPSA) is 52.9 Å². The standard InChI is InChI=1S/C19H16Cl2N2O2S/c1-3-23-18(25)17(10-12-9-13(20)7-8-16(12)24)26-19(23)22-15-6-4-5-14(21)11(15)2/h4-10,24H,3H2,1-2H3/b17-10+,22-19?. The number of rotatable bonds is 3. The molecule has 0 aromatic heterocycles. The minimum absolute atomic E-state index is 0.0643. The molecule has 134 valence electrons. The minimum Gasteiger partial charge on any atom is -0.507 e. The van der Waals surface area contributed by atoms with Crippen molar-refractivity contribution < 1.29 is 9.90 Å². The molecular weight excluding hydrogens is 391 g/mol. The number of aliphatic imine (C=N–C) groups is 1. The molecule has 0 atom stereocenters. The van der Waals surface area contributed by atoms with Crippen LogP contribution in [0.3, 0.4) is 0 Å². The average Bonchev–Trinajstić information content (AvgIpc) is 2.90. The lowest BCUT2D eigenvalue weighted by molar-refractivity contribution is -0.122. The van der Waals surface area contributed by atoms with Crippen molar-refractivity contribution >= 4 is 57.8 Å². The predicted molar refractivity (Wildman–Crippen MR) is 109 cm³/mol. The molecule has 26 heavy (non-hydrogen) atoms. The van der Waals surface area contributed by atoms with Gasteiger partial charge in [-0.15, -0.1) is 0 Å². The van der Waals surface area contributed by atoms with Gasteiger partial charge < -0.3 is 5.11 Å². The zero-order valence-corrected chi connectivity index (χ0v) is 16.5. The maximum absolute atomic E-state index is 12.7. The number of hydrogen-bond acceptors (Lipinski definition) is 4. The van der Waals surface area contributed by atoms with Gasteiger partial charge in [0.25, 0.3) is 5.91 Å². The van der Waals surface area contributed by atoms with E-state index in [9.17, 15) is 9.90 Å². The van der Waals surface area contributed by atoms with Crippen molar-refractivity contribution in [2.75, 3.05) is 6.54 Å². The highest BCUT2D eigenvalue weighted by Gasteiger charge is 2.32. The Hall–Kier alpha value is -1.95. The third-order valence-electron chi connectivity index (χ3n) is 3.94. The van der Waals surface area contributed by atoms with Crippen molar-refractivity contribution in [3.63, 3.8) is 0 Å². The SMILES string of the molecule is CCN1C(=O)/C(=C\c2cc(Cl)ccc2O)SC1=Nc1cccc(Cl)c1C. The molecule has 0 radical (unpaired) electrons. The summed E-state index contributed by atoms with van der Waals surface area (Å²) in [6, 6.07) is 10.2. The summed E-state index contributed by atoms with van der Waals surface area (Å²) in [5.41, 5.74) is 2.07. The predicted octanol–water partition coefficient (Wildman–Crippen LogP) is 5.63. The largest absolute Gasteiger partial charge is 0.507 e. The van der Waals surface area contributed by atoms with Crippen molar-refractivity contribution in [1.29, 1.82) is 0 Å². The highest BCUT2D eigenvalue weighted by molar-refractivity contribution is 8.18. The van der Waals surface area contributed by atoms with E-state index in [4.69, 9.17) is 23.2 Å². The van der Waals surface area contributed by atoms with Crippen molar-refractivity contribution in [2.24, 2.45) is 4.99 Å².